The monoisotopic (exact) mass is 486 g/mol. The molecule has 0 radical (unpaired) electrons. The van der Waals surface area contributed by atoms with Crippen LogP contribution in [0.25, 0.3) is 22.2 Å². The molecule has 1 saturated heterocycles. The molecule has 2 aromatic heterocycles. The summed E-state index contributed by atoms with van der Waals surface area (Å²) >= 11 is 0. The number of ether oxygens (including phenoxy) is 1. The summed E-state index contributed by atoms with van der Waals surface area (Å²) < 4.78 is 18.3. The molecule has 3 heterocycles. The fourth-order valence-corrected chi connectivity index (χ4v) is 4.65. The van der Waals surface area contributed by atoms with Crippen molar-refractivity contribution in [2.45, 2.75) is 25.4 Å². The number of carbonyl (C=O) groups is 2. The first-order chi connectivity index (χ1) is 17.5. The molecule has 7 nitrogen and oxygen atoms in total. The van der Waals surface area contributed by atoms with Crippen molar-refractivity contribution in [3.63, 3.8) is 0 Å². The van der Waals surface area contributed by atoms with E-state index in [0.717, 1.165) is 43.4 Å². The van der Waals surface area contributed by atoms with Crippen LogP contribution in [0.2, 0.25) is 0 Å². The van der Waals surface area contributed by atoms with E-state index in [1.807, 2.05) is 18.3 Å². The van der Waals surface area contributed by atoms with Gasteiger partial charge >= 0.3 is 5.97 Å². The molecule has 1 fully saturated rings. The molecule has 8 heteroatoms. The topological polar surface area (TPSA) is 87.3 Å². The van der Waals surface area contributed by atoms with Crippen LogP contribution in [0, 0.1) is 5.82 Å². The Balaban J connectivity index is 1.14. The average Bonchev–Trinajstić information content (AvgIpc) is 3.31. The van der Waals surface area contributed by atoms with Crippen molar-refractivity contribution in [3.8, 4) is 11.3 Å². The summed E-state index contributed by atoms with van der Waals surface area (Å²) in [7, 11) is 1.38. The van der Waals surface area contributed by atoms with E-state index in [9.17, 15) is 14.0 Å². The predicted octanol–water partition coefficient (Wildman–Crippen LogP) is 4.55. The van der Waals surface area contributed by atoms with Gasteiger partial charge in [-0.05, 0) is 54.8 Å². The first kappa shape index (κ1) is 23.7. The van der Waals surface area contributed by atoms with Gasteiger partial charge in [0.05, 0.1) is 23.9 Å². The quantitative estimate of drug-likeness (QED) is 0.391. The van der Waals surface area contributed by atoms with Gasteiger partial charge in [-0.15, -0.1) is 0 Å². The number of nitrogens with one attached hydrogen (secondary N) is 2. The van der Waals surface area contributed by atoms with Gasteiger partial charge in [0.25, 0.3) is 5.91 Å². The Morgan fingerprint density at radius 2 is 1.92 bits per heavy atom. The minimum absolute atomic E-state index is 0.0993. The van der Waals surface area contributed by atoms with Crippen LogP contribution in [0.1, 0.15) is 39.1 Å². The number of piperidine rings is 1. The number of halogens is 1. The number of pyridine rings is 1. The molecule has 5 rings (SSSR count). The summed E-state index contributed by atoms with van der Waals surface area (Å²) in [6, 6.07) is 15.3. The Bertz CT molecular complexity index is 1390. The molecule has 0 unspecified atom stereocenters. The van der Waals surface area contributed by atoms with Gasteiger partial charge in [0.1, 0.15) is 5.82 Å². The van der Waals surface area contributed by atoms with Crippen LogP contribution in [0.15, 0.2) is 67.0 Å². The predicted molar refractivity (Wildman–Crippen MR) is 135 cm³/mol. The number of rotatable bonds is 6. The summed E-state index contributed by atoms with van der Waals surface area (Å²) in [6.07, 6.45) is 5.23. The largest absolute Gasteiger partial charge is 0.465 e. The summed E-state index contributed by atoms with van der Waals surface area (Å²) in [4.78, 5) is 34.5. The van der Waals surface area contributed by atoms with Crippen molar-refractivity contribution in [2.24, 2.45) is 0 Å². The number of fused-ring (bicyclic) bond motifs is 1. The first-order valence-electron chi connectivity index (χ1n) is 11.9. The number of likely N-dealkylation sites (tertiary alicyclic amines) is 1. The number of esters is 1. The second-order valence-corrected chi connectivity index (χ2v) is 9.03. The van der Waals surface area contributed by atoms with E-state index in [1.54, 1.807) is 30.3 Å². The maximum Gasteiger partial charge on any atom is 0.337 e. The van der Waals surface area contributed by atoms with E-state index in [-0.39, 0.29) is 23.7 Å². The number of carbonyl (C=O) groups excluding carboxylic acids is 2. The van der Waals surface area contributed by atoms with Crippen LogP contribution in [0.4, 0.5) is 4.39 Å². The third-order valence-electron chi connectivity index (χ3n) is 6.65. The molecular formula is C28H27FN4O3. The number of H-pyrrole nitrogens is 1. The normalized spacial score (nSPS) is 14.6. The van der Waals surface area contributed by atoms with Crippen LogP contribution < -0.4 is 5.32 Å². The Labute approximate surface area is 208 Å². The summed E-state index contributed by atoms with van der Waals surface area (Å²) in [5.74, 6) is -0.819. The molecule has 36 heavy (non-hydrogen) atoms. The number of aromatic nitrogens is 2. The van der Waals surface area contributed by atoms with E-state index >= 15 is 0 Å². The standard InChI is InChI=1S/C28H27FN4O3/c1-36-28(35)19-5-7-24-21(16-31-26(24)14-19)17-33-11-9-23(10-12-33)32-27(34)20-6-8-25(30-15-20)18-3-2-4-22(29)13-18/h2-8,13-16,23,31H,9-12,17H2,1H3,(H,32,34). The van der Waals surface area contributed by atoms with Crippen LogP contribution in [-0.2, 0) is 11.3 Å². The molecule has 2 aromatic carbocycles. The Kier molecular flexibility index (Phi) is 6.77. The number of hydrogen-bond acceptors (Lipinski definition) is 5. The van der Waals surface area contributed by atoms with Gasteiger partial charge in [-0.25, -0.2) is 9.18 Å². The van der Waals surface area contributed by atoms with Gasteiger partial charge in [-0.1, -0.05) is 18.2 Å². The Hall–Kier alpha value is -4.04. The zero-order valence-electron chi connectivity index (χ0n) is 20.0. The van der Waals surface area contributed by atoms with E-state index in [4.69, 9.17) is 4.74 Å². The second kappa shape index (κ2) is 10.3. The van der Waals surface area contributed by atoms with Crippen LogP contribution >= 0.6 is 0 Å². The molecule has 1 aliphatic rings. The maximum absolute atomic E-state index is 13.5. The highest BCUT2D eigenvalue weighted by molar-refractivity contribution is 5.95. The molecule has 0 saturated carbocycles. The Morgan fingerprint density at radius 3 is 2.64 bits per heavy atom. The van der Waals surface area contributed by atoms with Crippen LogP contribution in [0.5, 0.6) is 0 Å². The lowest BCUT2D eigenvalue weighted by Crippen LogP contribution is -2.44. The highest BCUT2D eigenvalue weighted by Gasteiger charge is 2.22. The third-order valence-corrected chi connectivity index (χ3v) is 6.65. The molecule has 0 atom stereocenters. The minimum atomic E-state index is -0.351. The molecule has 0 aliphatic carbocycles. The maximum atomic E-state index is 13.5. The molecule has 2 N–H and O–H groups in total. The van der Waals surface area contributed by atoms with Crippen molar-refractivity contribution in [3.05, 3.63) is 89.5 Å². The number of aromatic amines is 1. The SMILES string of the molecule is COC(=O)c1ccc2c(CN3CCC(NC(=O)c4ccc(-c5cccc(F)c5)nc4)CC3)c[nH]c2c1. The molecule has 0 bridgehead atoms. The van der Waals surface area contributed by atoms with Crippen molar-refractivity contribution in [2.75, 3.05) is 20.2 Å². The summed E-state index contributed by atoms with van der Waals surface area (Å²) in [5.41, 5.74) is 4.39. The highest BCUT2D eigenvalue weighted by Crippen LogP contribution is 2.23. The zero-order valence-corrected chi connectivity index (χ0v) is 20.0. The molecule has 184 valence electrons. The van der Waals surface area contributed by atoms with E-state index < -0.39 is 0 Å². The lowest BCUT2D eigenvalue weighted by atomic mass is 10.0. The average molecular weight is 487 g/mol. The van der Waals surface area contributed by atoms with Gasteiger partial charge in [-0.2, -0.15) is 0 Å². The van der Waals surface area contributed by atoms with Gasteiger partial charge in [-0.3, -0.25) is 14.7 Å². The van der Waals surface area contributed by atoms with Crippen molar-refractivity contribution < 1.29 is 18.7 Å². The summed E-state index contributed by atoms with van der Waals surface area (Å²) in [5, 5.41) is 4.21. The lowest BCUT2D eigenvalue weighted by Gasteiger charge is -2.32. The number of nitrogens with zero attached hydrogens (tertiary/aromatic N) is 2. The van der Waals surface area contributed by atoms with Gasteiger partial charge in [0.15, 0.2) is 0 Å². The van der Waals surface area contributed by atoms with E-state index in [1.165, 1.54) is 31.0 Å². The lowest BCUT2D eigenvalue weighted by molar-refractivity contribution is 0.0600. The first-order valence-corrected chi connectivity index (χ1v) is 11.9. The zero-order chi connectivity index (χ0) is 25.1. The van der Waals surface area contributed by atoms with Crippen LogP contribution in [0.3, 0.4) is 0 Å². The smallest absolute Gasteiger partial charge is 0.337 e. The second-order valence-electron chi connectivity index (χ2n) is 9.03. The summed E-state index contributed by atoms with van der Waals surface area (Å²) in [6.45, 7) is 2.53. The van der Waals surface area contributed by atoms with Crippen LogP contribution in [-0.4, -0.2) is 53.0 Å². The number of benzene rings is 2. The Morgan fingerprint density at radius 1 is 1.11 bits per heavy atom. The van der Waals surface area contributed by atoms with Crippen molar-refractivity contribution >= 4 is 22.8 Å². The fraction of sp³-hybridized carbons (Fsp3) is 0.250. The van der Waals surface area contributed by atoms with E-state index in [0.29, 0.717) is 22.4 Å². The molecule has 4 aromatic rings. The number of amides is 1. The molecule has 1 aliphatic heterocycles. The minimum Gasteiger partial charge on any atom is -0.465 e. The fourth-order valence-electron chi connectivity index (χ4n) is 4.65. The third kappa shape index (κ3) is 5.13. The van der Waals surface area contributed by atoms with Gasteiger partial charge in [0.2, 0.25) is 0 Å². The number of hydrogen-bond donors (Lipinski definition) is 2. The molecule has 1 amide bonds. The molecular weight excluding hydrogens is 459 g/mol. The van der Waals surface area contributed by atoms with Gasteiger partial charge < -0.3 is 15.0 Å². The highest BCUT2D eigenvalue weighted by atomic mass is 19.1. The molecule has 0 spiro atoms. The van der Waals surface area contributed by atoms with Gasteiger partial charge in [0, 0.05) is 54.5 Å². The van der Waals surface area contributed by atoms with E-state index in [2.05, 4.69) is 20.2 Å². The number of methoxy groups -OCH3 is 1. The van der Waals surface area contributed by atoms with Crippen molar-refractivity contribution in [1.82, 2.24) is 20.2 Å². The van der Waals surface area contributed by atoms with Crippen molar-refractivity contribution in [1.29, 1.82) is 0 Å².